The molecule has 0 saturated carbocycles. The quantitative estimate of drug-likeness (QED) is 0.692. The second kappa shape index (κ2) is 8.57. The Labute approximate surface area is 100 Å². The van der Waals surface area contributed by atoms with E-state index < -0.39 is 0 Å². The van der Waals surface area contributed by atoms with Gasteiger partial charge in [-0.1, -0.05) is 27.7 Å². The lowest BCUT2D eigenvalue weighted by Crippen LogP contribution is -2.35. The Hall–Kier alpha value is -0.570. The van der Waals surface area contributed by atoms with E-state index in [2.05, 4.69) is 27.7 Å². The third-order valence-corrected chi connectivity index (χ3v) is 2.66. The maximum absolute atomic E-state index is 11.8. The fourth-order valence-electron chi connectivity index (χ4n) is 1.47. The molecule has 0 unspecified atom stereocenters. The van der Waals surface area contributed by atoms with Crippen molar-refractivity contribution in [2.45, 2.75) is 47.0 Å². The lowest BCUT2D eigenvalue weighted by Gasteiger charge is -2.24. The summed E-state index contributed by atoms with van der Waals surface area (Å²) in [4.78, 5) is 13.8. The zero-order chi connectivity index (χ0) is 12.6. The van der Waals surface area contributed by atoms with E-state index in [4.69, 9.17) is 5.73 Å². The van der Waals surface area contributed by atoms with Gasteiger partial charge in [0.15, 0.2) is 0 Å². The molecule has 0 aliphatic carbocycles. The summed E-state index contributed by atoms with van der Waals surface area (Å²) in [5.41, 5.74) is 5.43. The van der Waals surface area contributed by atoms with Crippen LogP contribution in [0, 0.1) is 11.8 Å². The number of nitrogens with zero attached hydrogens (tertiary/aromatic N) is 1. The zero-order valence-electron chi connectivity index (χ0n) is 11.3. The van der Waals surface area contributed by atoms with Gasteiger partial charge in [0, 0.05) is 26.1 Å². The fourth-order valence-corrected chi connectivity index (χ4v) is 1.47. The number of rotatable bonds is 8. The number of amides is 1. The van der Waals surface area contributed by atoms with Gasteiger partial charge in [-0.2, -0.15) is 0 Å². The van der Waals surface area contributed by atoms with Crippen LogP contribution < -0.4 is 5.73 Å². The van der Waals surface area contributed by atoms with Crippen molar-refractivity contribution in [3.63, 3.8) is 0 Å². The monoisotopic (exact) mass is 228 g/mol. The molecule has 3 nitrogen and oxygen atoms in total. The van der Waals surface area contributed by atoms with Crippen LogP contribution in [0.2, 0.25) is 0 Å². The van der Waals surface area contributed by atoms with Gasteiger partial charge in [-0.15, -0.1) is 0 Å². The maximum Gasteiger partial charge on any atom is 0.223 e. The fraction of sp³-hybridized carbons (Fsp3) is 0.923. The number of hydrogen-bond donors (Lipinski definition) is 1. The smallest absolute Gasteiger partial charge is 0.223 e. The average Bonchev–Trinajstić information content (AvgIpc) is 2.17. The van der Waals surface area contributed by atoms with E-state index >= 15 is 0 Å². The van der Waals surface area contributed by atoms with Gasteiger partial charge in [-0.25, -0.2) is 0 Å². The van der Waals surface area contributed by atoms with Crippen molar-refractivity contribution in [1.82, 2.24) is 4.90 Å². The van der Waals surface area contributed by atoms with Crippen LogP contribution in [0.1, 0.15) is 47.0 Å². The van der Waals surface area contributed by atoms with Crippen molar-refractivity contribution < 1.29 is 4.79 Å². The molecule has 1 amide bonds. The van der Waals surface area contributed by atoms with Gasteiger partial charge in [-0.05, 0) is 24.7 Å². The molecule has 0 radical (unpaired) electrons. The highest BCUT2D eigenvalue weighted by Gasteiger charge is 2.13. The van der Waals surface area contributed by atoms with E-state index in [9.17, 15) is 4.79 Å². The molecule has 0 aromatic carbocycles. The minimum atomic E-state index is 0.212. The van der Waals surface area contributed by atoms with E-state index in [1.165, 1.54) is 0 Å². The van der Waals surface area contributed by atoms with E-state index in [-0.39, 0.29) is 5.91 Å². The lowest BCUT2D eigenvalue weighted by molar-refractivity contribution is -0.131. The first-order valence-corrected chi connectivity index (χ1v) is 6.45. The van der Waals surface area contributed by atoms with Gasteiger partial charge in [0.1, 0.15) is 0 Å². The van der Waals surface area contributed by atoms with Crippen molar-refractivity contribution in [3.05, 3.63) is 0 Å². The van der Waals surface area contributed by atoms with Gasteiger partial charge >= 0.3 is 0 Å². The summed E-state index contributed by atoms with van der Waals surface area (Å²) in [6.07, 6.45) is 2.64. The first kappa shape index (κ1) is 15.4. The Morgan fingerprint density at radius 2 is 1.50 bits per heavy atom. The molecule has 0 fully saturated rings. The summed E-state index contributed by atoms with van der Waals surface area (Å²) in [6.45, 7) is 11.0. The summed E-state index contributed by atoms with van der Waals surface area (Å²) in [7, 11) is 0. The topological polar surface area (TPSA) is 46.3 Å². The highest BCUT2D eigenvalue weighted by Crippen LogP contribution is 2.07. The molecule has 3 heteroatoms. The first-order valence-electron chi connectivity index (χ1n) is 6.45. The standard InChI is InChI=1S/C13H28N2O/c1-11(2)6-9-15(10-7-12(3)4)13(16)5-8-14/h11-12H,5-10,14H2,1-4H3. The Kier molecular flexibility index (Phi) is 8.26. The summed E-state index contributed by atoms with van der Waals surface area (Å²) >= 11 is 0. The van der Waals surface area contributed by atoms with Crippen LogP contribution >= 0.6 is 0 Å². The summed E-state index contributed by atoms with van der Waals surface area (Å²) in [6, 6.07) is 0. The summed E-state index contributed by atoms with van der Waals surface area (Å²) in [5.74, 6) is 1.50. The van der Waals surface area contributed by atoms with Gasteiger partial charge in [0.2, 0.25) is 5.91 Å². The lowest BCUT2D eigenvalue weighted by atomic mass is 10.1. The van der Waals surface area contributed by atoms with E-state index in [0.29, 0.717) is 24.8 Å². The van der Waals surface area contributed by atoms with Crippen molar-refractivity contribution in [2.24, 2.45) is 17.6 Å². The Bertz CT molecular complexity index is 178. The number of hydrogen-bond acceptors (Lipinski definition) is 2. The summed E-state index contributed by atoms with van der Waals surface area (Å²) < 4.78 is 0. The summed E-state index contributed by atoms with van der Waals surface area (Å²) in [5, 5.41) is 0. The van der Waals surface area contributed by atoms with Crippen molar-refractivity contribution in [3.8, 4) is 0 Å². The molecule has 0 aliphatic heterocycles. The second-order valence-electron chi connectivity index (χ2n) is 5.28. The van der Waals surface area contributed by atoms with E-state index in [1.54, 1.807) is 0 Å². The highest BCUT2D eigenvalue weighted by atomic mass is 16.2. The van der Waals surface area contributed by atoms with E-state index in [0.717, 1.165) is 25.9 Å². The molecule has 96 valence electrons. The van der Waals surface area contributed by atoms with E-state index in [1.807, 2.05) is 4.90 Å². The number of nitrogens with two attached hydrogens (primary N) is 1. The molecule has 2 N–H and O–H groups in total. The minimum Gasteiger partial charge on any atom is -0.343 e. The van der Waals surface area contributed by atoms with Crippen LogP contribution in [0.5, 0.6) is 0 Å². The maximum atomic E-state index is 11.8. The van der Waals surface area contributed by atoms with Gasteiger partial charge in [0.05, 0.1) is 0 Å². The third kappa shape index (κ3) is 7.69. The van der Waals surface area contributed by atoms with Gasteiger partial charge in [0.25, 0.3) is 0 Å². The molecular formula is C13H28N2O. The van der Waals surface area contributed by atoms with Crippen molar-refractivity contribution in [2.75, 3.05) is 19.6 Å². The average molecular weight is 228 g/mol. The van der Waals surface area contributed by atoms with Crippen LogP contribution in [0.25, 0.3) is 0 Å². The third-order valence-electron chi connectivity index (χ3n) is 2.66. The van der Waals surface area contributed by atoms with Crippen molar-refractivity contribution >= 4 is 5.91 Å². The van der Waals surface area contributed by atoms with Crippen LogP contribution in [0.4, 0.5) is 0 Å². The largest absolute Gasteiger partial charge is 0.343 e. The molecule has 16 heavy (non-hydrogen) atoms. The minimum absolute atomic E-state index is 0.212. The van der Waals surface area contributed by atoms with Crippen LogP contribution in [-0.4, -0.2) is 30.4 Å². The predicted octanol–water partition coefficient (Wildman–Crippen LogP) is 2.26. The molecule has 0 heterocycles. The molecule has 0 atom stereocenters. The van der Waals surface area contributed by atoms with Crippen LogP contribution in [0.3, 0.4) is 0 Å². The molecule has 0 aliphatic rings. The first-order chi connectivity index (χ1) is 7.47. The van der Waals surface area contributed by atoms with Crippen LogP contribution in [-0.2, 0) is 4.79 Å². The Morgan fingerprint density at radius 1 is 1.06 bits per heavy atom. The second-order valence-corrected chi connectivity index (χ2v) is 5.28. The highest BCUT2D eigenvalue weighted by molar-refractivity contribution is 5.76. The molecule has 0 aromatic heterocycles. The molecular weight excluding hydrogens is 200 g/mol. The van der Waals surface area contributed by atoms with Gasteiger partial charge < -0.3 is 10.6 Å². The van der Waals surface area contributed by atoms with Crippen molar-refractivity contribution in [1.29, 1.82) is 0 Å². The molecule has 0 aromatic rings. The predicted molar refractivity (Wildman–Crippen MR) is 69.2 cm³/mol. The molecule has 0 rings (SSSR count). The molecule has 0 spiro atoms. The van der Waals surface area contributed by atoms with Gasteiger partial charge in [-0.3, -0.25) is 4.79 Å². The van der Waals surface area contributed by atoms with Crippen LogP contribution in [0.15, 0.2) is 0 Å². The molecule has 0 bridgehead atoms. The zero-order valence-corrected chi connectivity index (χ0v) is 11.3. The normalized spacial score (nSPS) is 11.2. The molecule has 0 saturated heterocycles. The SMILES string of the molecule is CC(C)CCN(CCC(C)C)C(=O)CCN. The number of carbonyl (C=O) groups is 1. The Morgan fingerprint density at radius 3 is 1.81 bits per heavy atom. The number of carbonyl (C=O) groups excluding carboxylic acids is 1. The Balaban J connectivity index is 4.09.